The highest BCUT2D eigenvalue weighted by Crippen LogP contribution is 2.23. The van der Waals surface area contributed by atoms with Crippen molar-refractivity contribution in [2.75, 3.05) is 13.2 Å². The van der Waals surface area contributed by atoms with Crippen molar-refractivity contribution in [1.82, 2.24) is 0 Å². The smallest absolute Gasteiger partial charge is 0.335 e. The van der Waals surface area contributed by atoms with Crippen molar-refractivity contribution in [2.45, 2.75) is 243 Å². The predicted molar refractivity (Wildman–Crippen MR) is 238 cm³/mol. The average molecular weight is 851 g/mol. The number of esters is 2. The van der Waals surface area contributed by atoms with Crippen molar-refractivity contribution in [3.8, 4) is 0 Å². The van der Waals surface area contributed by atoms with E-state index in [1.807, 2.05) is 0 Å². The monoisotopic (exact) mass is 851 g/mol. The van der Waals surface area contributed by atoms with Gasteiger partial charge < -0.3 is 39.4 Å². The molecule has 1 saturated heterocycles. The maximum absolute atomic E-state index is 12.8. The van der Waals surface area contributed by atoms with Gasteiger partial charge in [-0.15, -0.1) is 0 Å². The molecule has 1 aliphatic heterocycles. The first-order chi connectivity index (χ1) is 29.2. The van der Waals surface area contributed by atoms with E-state index in [-0.39, 0.29) is 19.4 Å². The quantitative estimate of drug-likeness (QED) is 0.0263. The van der Waals surface area contributed by atoms with Gasteiger partial charge in [0.2, 0.25) is 0 Å². The van der Waals surface area contributed by atoms with E-state index in [1.165, 1.54) is 96.3 Å². The Bertz CT molecular complexity index is 1140. The van der Waals surface area contributed by atoms with Gasteiger partial charge in [0.1, 0.15) is 24.9 Å². The van der Waals surface area contributed by atoms with Crippen LogP contribution >= 0.6 is 0 Å². The van der Waals surface area contributed by atoms with E-state index in [9.17, 15) is 34.8 Å². The Morgan fingerprint density at radius 3 is 1.43 bits per heavy atom. The van der Waals surface area contributed by atoms with Gasteiger partial charge in [-0.2, -0.15) is 0 Å². The molecule has 1 aliphatic rings. The number of aliphatic carboxylic acids is 1. The molecule has 0 aromatic rings. The molecule has 4 N–H and O–H groups in total. The van der Waals surface area contributed by atoms with Crippen LogP contribution in [0.5, 0.6) is 0 Å². The molecule has 11 nitrogen and oxygen atoms in total. The minimum atomic E-state index is -1.86. The third kappa shape index (κ3) is 30.5. The van der Waals surface area contributed by atoms with Crippen molar-refractivity contribution < 1.29 is 53.8 Å². The van der Waals surface area contributed by atoms with Crippen LogP contribution in [0.1, 0.15) is 206 Å². The van der Waals surface area contributed by atoms with Crippen LogP contribution in [0, 0.1) is 0 Å². The summed E-state index contributed by atoms with van der Waals surface area (Å²) in [4.78, 5) is 36.9. The molecule has 0 spiro atoms. The van der Waals surface area contributed by atoms with Crippen molar-refractivity contribution in [1.29, 1.82) is 0 Å². The number of carboxylic acid groups (broad SMARTS) is 1. The molecule has 0 amide bonds. The van der Waals surface area contributed by atoms with Crippen LogP contribution < -0.4 is 0 Å². The number of allylic oxidation sites excluding steroid dienone is 6. The summed E-state index contributed by atoms with van der Waals surface area (Å²) >= 11 is 0. The fraction of sp³-hybridized carbons (Fsp3) is 0.816. The highest BCUT2D eigenvalue weighted by Gasteiger charge is 2.47. The number of hydrogen-bond donors (Lipinski definition) is 4. The third-order valence-corrected chi connectivity index (χ3v) is 11.0. The van der Waals surface area contributed by atoms with Gasteiger partial charge in [0.15, 0.2) is 18.5 Å². The summed E-state index contributed by atoms with van der Waals surface area (Å²) in [5.41, 5.74) is 0. The zero-order chi connectivity index (χ0) is 43.9. The molecular formula is C49H86O11. The first kappa shape index (κ1) is 55.4. The second kappa shape index (κ2) is 39.3. The maximum Gasteiger partial charge on any atom is 0.335 e. The number of ether oxygens (including phenoxy) is 4. The Labute approximate surface area is 363 Å². The van der Waals surface area contributed by atoms with Crippen LogP contribution in [0.3, 0.4) is 0 Å². The molecule has 0 aromatic carbocycles. The van der Waals surface area contributed by atoms with E-state index in [0.717, 1.165) is 70.6 Å². The fourth-order valence-corrected chi connectivity index (χ4v) is 7.14. The Morgan fingerprint density at radius 1 is 0.517 bits per heavy atom. The van der Waals surface area contributed by atoms with Gasteiger partial charge in [-0.05, 0) is 70.6 Å². The zero-order valence-electron chi connectivity index (χ0n) is 37.7. The number of aliphatic hydroxyl groups is 3. The number of aliphatic hydroxyl groups excluding tert-OH is 3. The van der Waals surface area contributed by atoms with Crippen molar-refractivity contribution in [2.24, 2.45) is 0 Å². The first-order valence-electron chi connectivity index (χ1n) is 24.0. The summed E-state index contributed by atoms with van der Waals surface area (Å²) in [7, 11) is 0. The number of hydrogen-bond acceptors (Lipinski definition) is 10. The standard InChI is InChI=1S/C49H86O11/c1-3-5-7-9-11-13-15-17-19-20-21-22-24-25-27-29-31-33-35-37-42(50)57-39-41(40-58-49-46(54)44(52)45(53)47(60-49)48(55)56)59-43(51)38-36-34-32-30-28-26-23-18-16-14-12-10-8-6-4-2/h11,13,17-19,23,41,44-47,49,52-54H,3-10,12,14-16,20-22,24-40H2,1-2H3,(H,55,56)/b13-11-,19-17-,23-18-. The van der Waals surface area contributed by atoms with Gasteiger partial charge in [0.05, 0.1) is 6.61 Å². The van der Waals surface area contributed by atoms with E-state index < -0.39 is 61.3 Å². The van der Waals surface area contributed by atoms with Gasteiger partial charge in [-0.1, -0.05) is 159 Å². The minimum absolute atomic E-state index is 0.172. The lowest BCUT2D eigenvalue weighted by molar-refractivity contribution is -0.298. The van der Waals surface area contributed by atoms with Gasteiger partial charge in [-0.3, -0.25) is 9.59 Å². The molecule has 6 atom stereocenters. The highest BCUT2D eigenvalue weighted by molar-refractivity contribution is 5.73. The molecule has 1 rings (SSSR count). The SMILES string of the molecule is CCCCC/C=C\C/C=C\CCCCCCCCCCCC(=O)OCC(COC1OC(C(=O)O)C(O)C(O)C1O)OC(=O)CCCCCCC/C=C\CCCCCCCC. The van der Waals surface area contributed by atoms with Crippen molar-refractivity contribution in [3.63, 3.8) is 0 Å². The number of rotatable bonds is 40. The molecule has 1 heterocycles. The van der Waals surface area contributed by atoms with Gasteiger partial charge in [0.25, 0.3) is 0 Å². The molecule has 11 heteroatoms. The maximum atomic E-state index is 12.8. The zero-order valence-corrected chi connectivity index (χ0v) is 37.7. The second-order valence-corrected chi connectivity index (χ2v) is 16.6. The van der Waals surface area contributed by atoms with Crippen LogP contribution in [-0.4, -0.2) is 88.4 Å². The molecule has 60 heavy (non-hydrogen) atoms. The Hall–Kier alpha value is -2.57. The van der Waals surface area contributed by atoms with Crippen LogP contribution in [-0.2, 0) is 33.3 Å². The van der Waals surface area contributed by atoms with Crippen molar-refractivity contribution in [3.05, 3.63) is 36.5 Å². The lowest BCUT2D eigenvalue weighted by Gasteiger charge is -2.38. The van der Waals surface area contributed by atoms with Gasteiger partial charge in [-0.25, -0.2) is 4.79 Å². The third-order valence-electron chi connectivity index (χ3n) is 11.0. The molecule has 1 fully saturated rings. The summed E-state index contributed by atoms with van der Waals surface area (Å²) in [6, 6.07) is 0. The predicted octanol–water partition coefficient (Wildman–Crippen LogP) is 10.8. The minimum Gasteiger partial charge on any atom is -0.479 e. The fourth-order valence-electron chi connectivity index (χ4n) is 7.14. The van der Waals surface area contributed by atoms with E-state index >= 15 is 0 Å². The average Bonchev–Trinajstić information content (AvgIpc) is 3.23. The lowest BCUT2D eigenvalue weighted by atomic mass is 9.99. The Morgan fingerprint density at radius 2 is 0.933 bits per heavy atom. The van der Waals surface area contributed by atoms with Gasteiger partial charge >= 0.3 is 17.9 Å². The number of unbranched alkanes of at least 4 members (excludes halogenated alkanes) is 23. The second-order valence-electron chi connectivity index (χ2n) is 16.6. The summed E-state index contributed by atoms with van der Waals surface area (Å²) in [6.07, 6.45) is 36.2. The topological polar surface area (TPSA) is 169 Å². The van der Waals surface area contributed by atoms with Crippen LogP contribution in [0.25, 0.3) is 0 Å². The molecule has 6 unspecified atom stereocenters. The van der Waals surface area contributed by atoms with Crippen LogP contribution in [0.15, 0.2) is 36.5 Å². The molecule has 348 valence electrons. The van der Waals surface area contributed by atoms with E-state index in [1.54, 1.807) is 0 Å². The molecule has 0 saturated carbocycles. The summed E-state index contributed by atoms with van der Waals surface area (Å²) in [5, 5.41) is 39.9. The highest BCUT2D eigenvalue weighted by atomic mass is 16.7. The lowest BCUT2D eigenvalue weighted by Crippen LogP contribution is -2.60. The summed E-state index contributed by atoms with van der Waals surface area (Å²) < 4.78 is 21.8. The molecule has 0 radical (unpaired) electrons. The van der Waals surface area contributed by atoms with Gasteiger partial charge in [0, 0.05) is 12.8 Å². The molecule has 0 aromatic heterocycles. The summed E-state index contributed by atoms with van der Waals surface area (Å²) in [6.45, 7) is 3.78. The molecule has 0 bridgehead atoms. The Balaban J connectivity index is 2.33. The normalized spacial score (nSPS) is 20.1. The van der Waals surface area contributed by atoms with E-state index in [0.29, 0.717) is 12.8 Å². The number of carbonyl (C=O) groups excluding carboxylic acids is 2. The van der Waals surface area contributed by atoms with Crippen LogP contribution in [0.4, 0.5) is 0 Å². The Kier molecular flexibility index (Phi) is 36.3. The first-order valence-corrected chi connectivity index (χ1v) is 24.0. The van der Waals surface area contributed by atoms with Crippen molar-refractivity contribution >= 4 is 17.9 Å². The van der Waals surface area contributed by atoms with E-state index in [2.05, 4.69) is 50.3 Å². The molecule has 0 aliphatic carbocycles. The summed E-state index contributed by atoms with van der Waals surface area (Å²) in [5.74, 6) is -2.46. The van der Waals surface area contributed by atoms with Crippen LogP contribution in [0.2, 0.25) is 0 Å². The largest absolute Gasteiger partial charge is 0.479 e. The number of carbonyl (C=O) groups is 3. The van der Waals surface area contributed by atoms with E-state index in [4.69, 9.17) is 18.9 Å². The molecular weight excluding hydrogens is 765 g/mol. The number of carboxylic acids is 1.